The molecular weight excluding hydrogens is 272 g/mol. The summed E-state index contributed by atoms with van der Waals surface area (Å²) in [7, 11) is 0. The Hall–Kier alpha value is -0.370. The fourth-order valence-electron chi connectivity index (χ4n) is 7.61. The Morgan fingerprint density at radius 1 is 1.05 bits per heavy atom. The van der Waals surface area contributed by atoms with E-state index in [9.17, 15) is 9.90 Å². The molecule has 2 nitrogen and oxygen atoms in total. The van der Waals surface area contributed by atoms with Crippen molar-refractivity contribution in [2.75, 3.05) is 0 Å². The second-order valence-corrected chi connectivity index (χ2v) is 10.2. The Morgan fingerprint density at radius 2 is 1.77 bits per heavy atom. The third-order valence-corrected chi connectivity index (χ3v) is 8.70. The van der Waals surface area contributed by atoms with Crippen LogP contribution in [0.4, 0.5) is 0 Å². The van der Waals surface area contributed by atoms with Gasteiger partial charge in [0, 0.05) is 11.8 Å². The molecule has 1 spiro atoms. The van der Waals surface area contributed by atoms with Gasteiger partial charge >= 0.3 is 0 Å². The summed E-state index contributed by atoms with van der Waals surface area (Å²) in [5.41, 5.74) is -0.205. The minimum Gasteiger partial charge on any atom is -0.390 e. The number of carbonyl (C=O) groups excluding carboxylic acids is 1. The Balaban J connectivity index is 1.80. The lowest BCUT2D eigenvalue weighted by molar-refractivity contribution is -0.222. The highest BCUT2D eigenvalue weighted by atomic mass is 16.3. The number of fused-ring (bicyclic) bond motifs is 3. The maximum absolute atomic E-state index is 13.3. The van der Waals surface area contributed by atoms with Crippen molar-refractivity contribution in [3.8, 4) is 0 Å². The zero-order chi connectivity index (χ0) is 16.0. The largest absolute Gasteiger partial charge is 0.390 e. The molecule has 0 aromatic heterocycles. The maximum atomic E-state index is 13.3. The lowest BCUT2D eigenvalue weighted by Gasteiger charge is -2.68. The summed E-state index contributed by atoms with van der Waals surface area (Å²) in [4.78, 5) is 13.3. The first-order valence-corrected chi connectivity index (χ1v) is 9.38. The van der Waals surface area contributed by atoms with Crippen molar-refractivity contribution in [3.05, 3.63) is 0 Å². The summed E-state index contributed by atoms with van der Waals surface area (Å²) in [6.07, 6.45) is 8.54. The van der Waals surface area contributed by atoms with E-state index in [1.807, 2.05) is 6.92 Å². The zero-order valence-electron chi connectivity index (χ0n) is 14.7. The van der Waals surface area contributed by atoms with Gasteiger partial charge in [-0.3, -0.25) is 4.79 Å². The van der Waals surface area contributed by atoms with Crippen LogP contribution in [0.1, 0.15) is 79.1 Å². The third-order valence-electron chi connectivity index (χ3n) is 8.70. The topological polar surface area (TPSA) is 37.3 Å². The van der Waals surface area contributed by atoms with Gasteiger partial charge in [-0.15, -0.1) is 0 Å². The van der Waals surface area contributed by atoms with Crippen LogP contribution < -0.4 is 0 Å². The van der Waals surface area contributed by atoms with Crippen LogP contribution in [0.5, 0.6) is 0 Å². The molecule has 5 aliphatic rings. The number of rotatable bonds is 0. The number of carbonyl (C=O) groups is 1. The molecule has 0 heterocycles. The summed E-state index contributed by atoms with van der Waals surface area (Å²) in [6, 6.07) is 0. The highest BCUT2D eigenvalue weighted by Crippen LogP contribution is 2.71. The van der Waals surface area contributed by atoms with Gasteiger partial charge in [0.25, 0.3) is 0 Å². The Morgan fingerprint density at radius 3 is 2.45 bits per heavy atom. The fraction of sp³-hybridized carbons (Fsp3) is 0.950. The van der Waals surface area contributed by atoms with Gasteiger partial charge in [0.2, 0.25) is 0 Å². The van der Waals surface area contributed by atoms with Crippen molar-refractivity contribution in [1.82, 2.24) is 0 Å². The van der Waals surface area contributed by atoms with Crippen molar-refractivity contribution >= 4 is 5.78 Å². The predicted octanol–water partition coefficient (Wildman–Crippen LogP) is 4.35. The molecule has 0 saturated heterocycles. The third kappa shape index (κ3) is 1.68. The molecule has 5 saturated carbocycles. The van der Waals surface area contributed by atoms with Crippen LogP contribution in [0.2, 0.25) is 0 Å². The molecule has 6 atom stereocenters. The van der Waals surface area contributed by atoms with Crippen molar-refractivity contribution in [1.29, 1.82) is 0 Å². The minimum absolute atomic E-state index is 0.197. The summed E-state index contributed by atoms with van der Waals surface area (Å²) in [6.45, 7) is 9.25. The molecule has 0 radical (unpaired) electrons. The van der Waals surface area contributed by atoms with E-state index in [0.717, 1.165) is 32.1 Å². The standard InChI is InChI=1S/C20H32O2/c1-17(2)7-5-8-18(3)14(17)11-16(21)20-9-6-13(10-15(18)20)19(4,22)12-20/h13-15,22H,5-12H2,1-4H3. The van der Waals surface area contributed by atoms with E-state index in [-0.39, 0.29) is 5.41 Å². The number of hydrogen-bond donors (Lipinski definition) is 1. The van der Waals surface area contributed by atoms with Crippen LogP contribution in [0.3, 0.4) is 0 Å². The molecule has 124 valence electrons. The molecule has 2 bridgehead atoms. The maximum Gasteiger partial charge on any atom is 0.139 e. The normalized spacial score (nSPS) is 56.4. The van der Waals surface area contributed by atoms with E-state index < -0.39 is 5.60 Å². The van der Waals surface area contributed by atoms with Gasteiger partial charge in [0.05, 0.1) is 5.60 Å². The highest BCUT2D eigenvalue weighted by molar-refractivity contribution is 5.87. The summed E-state index contributed by atoms with van der Waals surface area (Å²) in [5, 5.41) is 10.8. The smallest absolute Gasteiger partial charge is 0.139 e. The van der Waals surface area contributed by atoms with Crippen molar-refractivity contribution < 1.29 is 9.90 Å². The Bertz CT molecular complexity index is 520. The second-order valence-electron chi connectivity index (χ2n) is 10.2. The molecule has 2 heteroatoms. The zero-order valence-corrected chi connectivity index (χ0v) is 14.7. The number of hydrogen-bond acceptors (Lipinski definition) is 2. The average Bonchev–Trinajstić information content (AvgIpc) is 2.40. The first kappa shape index (κ1) is 15.2. The van der Waals surface area contributed by atoms with Gasteiger partial charge in [-0.2, -0.15) is 0 Å². The molecule has 6 unspecified atom stereocenters. The van der Waals surface area contributed by atoms with Crippen LogP contribution >= 0.6 is 0 Å². The molecule has 5 fully saturated rings. The Labute approximate surface area is 135 Å². The van der Waals surface area contributed by atoms with Gasteiger partial charge in [-0.1, -0.05) is 27.2 Å². The van der Waals surface area contributed by atoms with Crippen LogP contribution in [-0.4, -0.2) is 16.5 Å². The molecule has 1 N–H and O–H groups in total. The lowest BCUT2D eigenvalue weighted by atomic mass is 9.35. The van der Waals surface area contributed by atoms with Crippen molar-refractivity contribution in [2.45, 2.75) is 84.7 Å². The molecular formula is C20H32O2. The number of ketones is 1. The lowest BCUT2D eigenvalue weighted by Crippen LogP contribution is -2.67. The molecule has 5 rings (SSSR count). The van der Waals surface area contributed by atoms with Gasteiger partial charge in [-0.25, -0.2) is 0 Å². The second kappa shape index (κ2) is 4.18. The average molecular weight is 304 g/mol. The first-order valence-electron chi connectivity index (χ1n) is 9.38. The molecule has 0 aromatic carbocycles. The van der Waals surface area contributed by atoms with Gasteiger partial charge in [0.15, 0.2) is 0 Å². The molecule has 0 amide bonds. The summed E-state index contributed by atoms with van der Waals surface area (Å²) in [5.74, 6) is 1.96. The van der Waals surface area contributed by atoms with E-state index in [4.69, 9.17) is 0 Å². The van der Waals surface area contributed by atoms with E-state index in [0.29, 0.717) is 34.4 Å². The molecule has 5 aliphatic carbocycles. The number of aliphatic hydroxyl groups is 1. The van der Waals surface area contributed by atoms with E-state index >= 15 is 0 Å². The Kier molecular flexibility index (Phi) is 2.88. The van der Waals surface area contributed by atoms with Crippen molar-refractivity contribution in [3.63, 3.8) is 0 Å². The van der Waals surface area contributed by atoms with Crippen LogP contribution in [0.25, 0.3) is 0 Å². The fourth-order valence-corrected chi connectivity index (χ4v) is 7.61. The molecule has 0 aromatic rings. The van der Waals surface area contributed by atoms with Crippen molar-refractivity contribution in [2.24, 2.45) is 34.0 Å². The van der Waals surface area contributed by atoms with Gasteiger partial charge in [-0.05, 0) is 74.0 Å². The van der Waals surface area contributed by atoms with Crippen LogP contribution in [0, 0.1) is 34.0 Å². The molecule has 22 heavy (non-hydrogen) atoms. The minimum atomic E-state index is -0.613. The van der Waals surface area contributed by atoms with Gasteiger partial charge < -0.3 is 5.11 Å². The SMILES string of the molecule is CC1(C)CCCC2(C)C1CC(=O)C13CCC(CC12)C(C)(O)C3. The summed E-state index contributed by atoms with van der Waals surface area (Å²) >= 11 is 0. The van der Waals surface area contributed by atoms with Gasteiger partial charge in [0.1, 0.15) is 5.78 Å². The number of Topliss-reactive ketones (excluding diaryl/α,β-unsaturated/α-hetero) is 1. The molecule has 0 aliphatic heterocycles. The quantitative estimate of drug-likeness (QED) is 0.722. The van der Waals surface area contributed by atoms with Crippen LogP contribution in [-0.2, 0) is 4.79 Å². The predicted molar refractivity (Wildman–Crippen MR) is 87.4 cm³/mol. The van der Waals surface area contributed by atoms with E-state index in [2.05, 4.69) is 20.8 Å². The van der Waals surface area contributed by atoms with E-state index in [1.54, 1.807) is 0 Å². The monoisotopic (exact) mass is 304 g/mol. The highest BCUT2D eigenvalue weighted by Gasteiger charge is 2.68. The first-order chi connectivity index (χ1) is 10.1. The van der Waals surface area contributed by atoms with E-state index in [1.165, 1.54) is 19.3 Å². The summed E-state index contributed by atoms with van der Waals surface area (Å²) < 4.78 is 0. The van der Waals surface area contributed by atoms with Crippen LogP contribution in [0.15, 0.2) is 0 Å².